The Bertz CT molecular complexity index is 376. The molecule has 0 aliphatic carbocycles. The Hall–Kier alpha value is -0.980. The molecule has 0 N–H and O–H groups in total. The maximum Gasteiger partial charge on any atom is 0.0805 e. The van der Waals surface area contributed by atoms with Gasteiger partial charge in [-0.1, -0.05) is 26.0 Å². The number of benzene rings is 1. The maximum absolute atomic E-state index is 4.68. The fourth-order valence-electron chi connectivity index (χ4n) is 1.70. The molecule has 0 bridgehead atoms. The van der Waals surface area contributed by atoms with Gasteiger partial charge in [0.05, 0.1) is 10.8 Å². The summed E-state index contributed by atoms with van der Waals surface area (Å²) in [6, 6.07) is 4.28. The van der Waals surface area contributed by atoms with Gasteiger partial charge in [-0.05, 0) is 48.7 Å². The molecule has 1 aromatic carbocycles. The summed E-state index contributed by atoms with van der Waals surface area (Å²) < 4.78 is 0. The Labute approximate surface area is 90.9 Å². The Morgan fingerprint density at radius 2 is 2.00 bits per heavy atom. The third-order valence-electron chi connectivity index (χ3n) is 2.49. The van der Waals surface area contributed by atoms with Crippen LogP contribution in [-0.2, 0) is 12.8 Å². The lowest BCUT2D eigenvalue weighted by molar-refractivity contribution is 1.06. The molecule has 0 amide bonds. The van der Waals surface area contributed by atoms with Gasteiger partial charge in [-0.15, -0.1) is 0 Å². The van der Waals surface area contributed by atoms with Crippen LogP contribution >= 0.6 is 12.2 Å². The van der Waals surface area contributed by atoms with Gasteiger partial charge >= 0.3 is 0 Å². The highest BCUT2D eigenvalue weighted by molar-refractivity contribution is 7.78. The monoisotopic (exact) mass is 205 g/mol. The van der Waals surface area contributed by atoms with Crippen LogP contribution in [-0.4, -0.2) is 5.16 Å². The summed E-state index contributed by atoms with van der Waals surface area (Å²) in [7, 11) is 0. The SMILES string of the molecule is CCc1ccc(C)c(CC)c1N=C=S. The fourth-order valence-corrected chi connectivity index (χ4v) is 1.79. The predicted molar refractivity (Wildman–Crippen MR) is 64.6 cm³/mol. The van der Waals surface area contributed by atoms with Gasteiger partial charge in [0, 0.05) is 0 Å². The smallest absolute Gasteiger partial charge is 0.0805 e. The summed E-state index contributed by atoms with van der Waals surface area (Å²) in [5, 5.41) is 2.47. The molecule has 1 rings (SSSR count). The van der Waals surface area contributed by atoms with Crippen molar-refractivity contribution in [2.75, 3.05) is 0 Å². The third kappa shape index (κ3) is 2.09. The quantitative estimate of drug-likeness (QED) is 0.539. The molecule has 1 aromatic rings. The molecule has 0 saturated heterocycles. The highest BCUT2D eigenvalue weighted by Crippen LogP contribution is 2.28. The van der Waals surface area contributed by atoms with Crippen LogP contribution in [0.1, 0.15) is 30.5 Å². The van der Waals surface area contributed by atoms with E-state index in [0.29, 0.717) is 0 Å². The van der Waals surface area contributed by atoms with Crippen molar-refractivity contribution in [3.63, 3.8) is 0 Å². The third-order valence-corrected chi connectivity index (χ3v) is 2.58. The molecule has 1 nitrogen and oxygen atoms in total. The van der Waals surface area contributed by atoms with Crippen LogP contribution in [0, 0.1) is 6.92 Å². The fraction of sp³-hybridized carbons (Fsp3) is 0.417. The molecule has 0 unspecified atom stereocenters. The lowest BCUT2D eigenvalue weighted by Gasteiger charge is -2.10. The van der Waals surface area contributed by atoms with Gasteiger partial charge in [0.15, 0.2) is 0 Å². The van der Waals surface area contributed by atoms with Crippen molar-refractivity contribution >= 4 is 23.1 Å². The summed E-state index contributed by atoms with van der Waals surface area (Å²) in [4.78, 5) is 4.17. The van der Waals surface area contributed by atoms with Crippen molar-refractivity contribution in [1.82, 2.24) is 0 Å². The van der Waals surface area contributed by atoms with Gasteiger partial charge in [0.25, 0.3) is 0 Å². The first-order valence-electron chi connectivity index (χ1n) is 4.93. The minimum absolute atomic E-state index is 0.989. The van der Waals surface area contributed by atoms with Gasteiger partial charge in [-0.3, -0.25) is 0 Å². The van der Waals surface area contributed by atoms with E-state index in [2.05, 4.69) is 55.3 Å². The van der Waals surface area contributed by atoms with E-state index in [1.54, 1.807) is 0 Å². The number of rotatable bonds is 3. The number of thiocarbonyl (C=S) groups is 1. The van der Waals surface area contributed by atoms with Crippen LogP contribution < -0.4 is 0 Å². The largest absolute Gasteiger partial charge is 0.194 e. The van der Waals surface area contributed by atoms with E-state index in [4.69, 9.17) is 0 Å². The van der Waals surface area contributed by atoms with Gasteiger partial charge in [-0.25, -0.2) is 0 Å². The van der Waals surface area contributed by atoms with Crippen molar-refractivity contribution in [2.24, 2.45) is 4.99 Å². The van der Waals surface area contributed by atoms with E-state index in [-0.39, 0.29) is 0 Å². The Kier molecular flexibility index (Phi) is 3.99. The van der Waals surface area contributed by atoms with Crippen LogP contribution in [0.4, 0.5) is 5.69 Å². The molecule has 0 spiro atoms. The molecular weight excluding hydrogens is 190 g/mol. The normalized spacial score (nSPS) is 9.64. The van der Waals surface area contributed by atoms with Gasteiger partial charge < -0.3 is 0 Å². The molecule has 0 saturated carbocycles. The topological polar surface area (TPSA) is 12.4 Å². The Balaban J connectivity index is 3.43. The van der Waals surface area contributed by atoms with E-state index in [9.17, 15) is 0 Å². The van der Waals surface area contributed by atoms with Crippen LogP contribution in [0.2, 0.25) is 0 Å². The first-order chi connectivity index (χ1) is 6.74. The average Bonchev–Trinajstić information content (AvgIpc) is 2.19. The van der Waals surface area contributed by atoms with Crippen molar-refractivity contribution < 1.29 is 0 Å². The minimum atomic E-state index is 0.989. The summed E-state index contributed by atoms with van der Waals surface area (Å²) >= 11 is 4.68. The highest BCUT2D eigenvalue weighted by Gasteiger charge is 2.07. The zero-order valence-corrected chi connectivity index (χ0v) is 9.74. The Morgan fingerprint density at radius 1 is 1.29 bits per heavy atom. The summed E-state index contributed by atoms with van der Waals surface area (Å²) in [6.45, 7) is 6.39. The average molecular weight is 205 g/mol. The molecule has 0 aliphatic heterocycles. The Morgan fingerprint density at radius 3 is 2.50 bits per heavy atom. The molecule has 0 aliphatic rings. The lowest BCUT2D eigenvalue weighted by atomic mass is 9.98. The number of hydrogen-bond acceptors (Lipinski definition) is 2. The second-order valence-corrected chi connectivity index (χ2v) is 3.46. The van der Waals surface area contributed by atoms with E-state index in [1.165, 1.54) is 16.7 Å². The van der Waals surface area contributed by atoms with Crippen molar-refractivity contribution in [1.29, 1.82) is 0 Å². The van der Waals surface area contributed by atoms with Crippen LogP contribution in [0.15, 0.2) is 17.1 Å². The van der Waals surface area contributed by atoms with Gasteiger partial charge in [-0.2, -0.15) is 4.99 Å². The van der Waals surface area contributed by atoms with E-state index >= 15 is 0 Å². The number of aryl methyl sites for hydroxylation is 2. The summed E-state index contributed by atoms with van der Waals surface area (Å²) in [5.74, 6) is 0. The van der Waals surface area contributed by atoms with Crippen LogP contribution in [0.25, 0.3) is 0 Å². The molecule has 0 fully saturated rings. The van der Waals surface area contributed by atoms with Crippen molar-refractivity contribution in [2.45, 2.75) is 33.6 Å². The molecule has 74 valence electrons. The first kappa shape index (κ1) is 11.1. The predicted octanol–water partition coefficient (Wildman–Crippen LogP) is 3.85. The summed E-state index contributed by atoms with van der Waals surface area (Å²) in [6.07, 6.45) is 1.98. The lowest BCUT2D eigenvalue weighted by Crippen LogP contribution is -1.92. The zero-order chi connectivity index (χ0) is 10.6. The molecule has 0 heterocycles. The molecule has 0 radical (unpaired) electrons. The minimum Gasteiger partial charge on any atom is -0.194 e. The van der Waals surface area contributed by atoms with Crippen molar-refractivity contribution in [3.8, 4) is 0 Å². The second kappa shape index (κ2) is 5.04. The van der Waals surface area contributed by atoms with E-state index < -0.39 is 0 Å². The molecule has 0 aromatic heterocycles. The maximum atomic E-state index is 4.68. The van der Waals surface area contributed by atoms with E-state index in [0.717, 1.165) is 18.5 Å². The molecule has 0 atom stereocenters. The van der Waals surface area contributed by atoms with E-state index in [1.807, 2.05) is 0 Å². The summed E-state index contributed by atoms with van der Waals surface area (Å²) in [5.41, 5.74) is 4.87. The number of nitrogens with zero attached hydrogens (tertiary/aromatic N) is 1. The molecule has 14 heavy (non-hydrogen) atoms. The number of aliphatic imine (C=N–C) groups is 1. The molecular formula is C12H15NS. The highest BCUT2D eigenvalue weighted by atomic mass is 32.1. The van der Waals surface area contributed by atoms with Crippen LogP contribution in [0.3, 0.4) is 0 Å². The molecule has 2 heteroatoms. The first-order valence-corrected chi connectivity index (χ1v) is 5.34. The van der Waals surface area contributed by atoms with Crippen molar-refractivity contribution in [3.05, 3.63) is 28.8 Å². The standard InChI is InChI=1S/C12H15NS/c1-4-10-7-6-9(3)11(5-2)12(10)13-8-14/h6-7H,4-5H2,1-3H3. The number of isothiocyanates is 1. The zero-order valence-electron chi connectivity index (χ0n) is 8.92. The number of hydrogen-bond donors (Lipinski definition) is 0. The van der Waals surface area contributed by atoms with Crippen LogP contribution in [0.5, 0.6) is 0 Å². The second-order valence-electron chi connectivity index (χ2n) is 3.28. The van der Waals surface area contributed by atoms with Gasteiger partial charge in [0.1, 0.15) is 0 Å². The van der Waals surface area contributed by atoms with Gasteiger partial charge in [0.2, 0.25) is 0 Å².